The summed E-state index contributed by atoms with van der Waals surface area (Å²) in [6.07, 6.45) is 1.81. The van der Waals surface area contributed by atoms with Crippen molar-refractivity contribution >= 4 is 17.3 Å². The first kappa shape index (κ1) is 12.5. The molecule has 94 valence electrons. The summed E-state index contributed by atoms with van der Waals surface area (Å²) in [7, 11) is 0. The average molecular weight is 271 g/mol. The fraction of sp³-hybridized carbons (Fsp3) is 0.182. The van der Waals surface area contributed by atoms with E-state index in [9.17, 15) is 14.5 Å². The van der Waals surface area contributed by atoms with Crippen molar-refractivity contribution in [2.24, 2.45) is 0 Å². The van der Waals surface area contributed by atoms with Crippen LogP contribution >= 0.6 is 11.6 Å². The monoisotopic (exact) mass is 270 g/mol. The number of hydrogen-bond acceptors (Lipinski definition) is 4. The van der Waals surface area contributed by atoms with Gasteiger partial charge in [-0.2, -0.15) is 0 Å². The molecule has 18 heavy (non-hydrogen) atoms. The minimum atomic E-state index is -0.724. The number of nitro groups is 1. The third-order valence-corrected chi connectivity index (χ3v) is 2.48. The van der Waals surface area contributed by atoms with Crippen LogP contribution in [0.2, 0.25) is 0 Å². The lowest BCUT2D eigenvalue weighted by molar-refractivity contribution is -0.385. The maximum atomic E-state index is 13.7. The van der Waals surface area contributed by atoms with Crippen LogP contribution in [0.25, 0.3) is 11.3 Å². The van der Waals surface area contributed by atoms with Crippen molar-refractivity contribution in [3.63, 3.8) is 0 Å². The van der Waals surface area contributed by atoms with Gasteiger partial charge in [-0.3, -0.25) is 10.1 Å². The van der Waals surface area contributed by atoms with E-state index in [1.807, 2.05) is 0 Å². The number of rotatable bonds is 4. The number of nitrogens with zero attached hydrogens (tertiary/aromatic N) is 2. The van der Waals surface area contributed by atoms with Gasteiger partial charge in [0.1, 0.15) is 5.82 Å². The number of nitro benzene ring substituents is 1. The molecule has 0 amide bonds. The summed E-state index contributed by atoms with van der Waals surface area (Å²) in [5, 5.41) is 10.5. The Morgan fingerprint density at radius 3 is 2.89 bits per heavy atom. The van der Waals surface area contributed by atoms with Crippen LogP contribution in [0.5, 0.6) is 0 Å². The van der Waals surface area contributed by atoms with Crippen LogP contribution < -0.4 is 0 Å². The van der Waals surface area contributed by atoms with Gasteiger partial charge in [-0.1, -0.05) is 0 Å². The number of alkyl halides is 1. The van der Waals surface area contributed by atoms with E-state index >= 15 is 0 Å². The number of oxazole rings is 1. The quantitative estimate of drug-likeness (QED) is 0.486. The predicted octanol–water partition coefficient (Wildman–Crippen LogP) is 3.17. The Morgan fingerprint density at radius 2 is 2.28 bits per heavy atom. The van der Waals surface area contributed by atoms with E-state index in [2.05, 4.69) is 4.98 Å². The Labute approximate surface area is 106 Å². The molecule has 5 nitrogen and oxygen atoms in total. The number of hydrogen-bond donors (Lipinski definition) is 0. The normalized spacial score (nSPS) is 10.6. The third kappa shape index (κ3) is 2.48. The lowest BCUT2D eigenvalue weighted by Gasteiger charge is -1.98. The first-order valence-corrected chi connectivity index (χ1v) is 5.60. The van der Waals surface area contributed by atoms with Crippen molar-refractivity contribution in [2.45, 2.75) is 6.42 Å². The third-order valence-electron chi connectivity index (χ3n) is 2.29. The molecule has 2 rings (SSSR count). The van der Waals surface area contributed by atoms with Crippen LogP contribution in [0.4, 0.5) is 10.1 Å². The van der Waals surface area contributed by atoms with Crippen LogP contribution in [0.1, 0.15) is 5.89 Å². The topological polar surface area (TPSA) is 69.2 Å². The highest BCUT2D eigenvalue weighted by atomic mass is 35.5. The summed E-state index contributed by atoms with van der Waals surface area (Å²) < 4.78 is 19.0. The van der Waals surface area contributed by atoms with Crippen molar-refractivity contribution in [1.82, 2.24) is 4.98 Å². The van der Waals surface area contributed by atoms with Gasteiger partial charge < -0.3 is 4.42 Å². The van der Waals surface area contributed by atoms with E-state index in [0.717, 1.165) is 6.07 Å². The molecule has 0 fully saturated rings. The Hall–Kier alpha value is -1.95. The number of halogens is 2. The smallest absolute Gasteiger partial charge is 0.272 e. The number of non-ortho nitro benzene ring substituents is 1. The summed E-state index contributed by atoms with van der Waals surface area (Å²) in [5.74, 6) is 0.251. The lowest BCUT2D eigenvalue weighted by Crippen LogP contribution is -1.90. The summed E-state index contributed by atoms with van der Waals surface area (Å²) in [6, 6.07) is 3.35. The van der Waals surface area contributed by atoms with Gasteiger partial charge in [-0.05, 0) is 6.07 Å². The van der Waals surface area contributed by atoms with E-state index < -0.39 is 10.7 Å². The first-order valence-electron chi connectivity index (χ1n) is 5.07. The van der Waals surface area contributed by atoms with Crippen molar-refractivity contribution in [1.29, 1.82) is 0 Å². The highest BCUT2D eigenvalue weighted by Crippen LogP contribution is 2.26. The van der Waals surface area contributed by atoms with Gasteiger partial charge in [-0.15, -0.1) is 11.6 Å². The minimum absolute atomic E-state index is 0.133. The van der Waals surface area contributed by atoms with Gasteiger partial charge in [0.05, 0.1) is 22.7 Å². The largest absolute Gasteiger partial charge is 0.441 e. The molecule has 0 aliphatic rings. The molecular formula is C11H8ClFN2O3. The van der Waals surface area contributed by atoms with Gasteiger partial charge in [0.15, 0.2) is 11.7 Å². The lowest BCUT2D eigenvalue weighted by atomic mass is 10.1. The van der Waals surface area contributed by atoms with E-state index in [1.165, 1.54) is 18.3 Å². The molecule has 0 radical (unpaired) electrons. The maximum absolute atomic E-state index is 13.7. The molecule has 0 saturated heterocycles. The fourth-order valence-electron chi connectivity index (χ4n) is 1.45. The van der Waals surface area contributed by atoms with Crippen molar-refractivity contribution in [3.8, 4) is 11.3 Å². The van der Waals surface area contributed by atoms with Crippen LogP contribution in [0.3, 0.4) is 0 Å². The van der Waals surface area contributed by atoms with Gasteiger partial charge in [-0.25, -0.2) is 9.37 Å². The van der Waals surface area contributed by atoms with Crippen molar-refractivity contribution < 1.29 is 13.7 Å². The highest BCUT2D eigenvalue weighted by Gasteiger charge is 2.15. The fourth-order valence-corrected chi connectivity index (χ4v) is 1.61. The van der Waals surface area contributed by atoms with Crippen LogP contribution in [-0.4, -0.2) is 15.8 Å². The minimum Gasteiger partial charge on any atom is -0.441 e. The molecule has 0 N–H and O–H groups in total. The van der Waals surface area contributed by atoms with E-state index in [1.54, 1.807) is 0 Å². The summed E-state index contributed by atoms with van der Waals surface area (Å²) in [5.41, 5.74) is -0.175. The molecule has 0 atom stereocenters. The molecule has 1 heterocycles. The zero-order valence-electron chi connectivity index (χ0n) is 9.10. The molecule has 2 aromatic rings. The van der Waals surface area contributed by atoms with Crippen molar-refractivity contribution in [3.05, 3.63) is 46.2 Å². The zero-order valence-corrected chi connectivity index (χ0v) is 9.85. The zero-order chi connectivity index (χ0) is 13.1. The molecule has 1 aromatic heterocycles. The van der Waals surface area contributed by atoms with Gasteiger partial charge in [0.2, 0.25) is 0 Å². The molecule has 0 bridgehead atoms. The van der Waals surface area contributed by atoms with Crippen molar-refractivity contribution in [2.75, 3.05) is 5.88 Å². The molecule has 0 aliphatic heterocycles. The SMILES string of the molecule is O=[N+]([O-])c1ccc(-c2cnc(CCCl)o2)c(F)c1. The Bertz CT molecular complexity index is 585. The summed E-state index contributed by atoms with van der Waals surface area (Å²) in [6.45, 7) is 0. The second-order valence-corrected chi connectivity index (χ2v) is 3.86. The van der Waals surface area contributed by atoms with Crippen LogP contribution in [0, 0.1) is 15.9 Å². The van der Waals surface area contributed by atoms with Gasteiger partial charge >= 0.3 is 0 Å². The van der Waals surface area contributed by atoms with E-state index in [4.69, 9.17) is 16.0 Å². The number of aromatic nitrogens is 1. The van der Waals surface area contributed by atoms with E-state index in [0.29, 0.717) is 18.2 Å². The standard InChI is InChI=1S/C11H8ClFN2O3/c12-4-3-11-14-6-10(18-11)8-2-1-7(15(16)17)5-9(8)13/h1-2,5-6H,3-4H2. The molecule has 0 spiro atoms. The van der Waals surface area contributed by atoms with Gasteiger partial charge in [0, 0.05) is 18.4 Å². The molecule has 0 unspecified atom stereocenters. The number of benzene rings is 1. The Balaban J connectivity index is 2.35. The average Bonchev–Trinajstić information content (AvgIpc) is 2.77. The summed E-state index contributed by atoms with van der Waals surface area (Å²) in [4.78, 5) is 13.7. The molecule has 1 aromatic carbocycles. The molecular weight excluding hydrogens is 263 g/mol. The number of aryl methyl sites for hydroxylation is 1. The van der Waals surface area contributed by atoms with Gasteiger partial charge in [0.25, 0.3) is 5.69 Å². The Morgan fingerprint density at radius 1 is 1.50 bits per heavy atom. The maximum Gasteiger partial charge on any atom is 0.272 e. The second-order valence-electron chi connectivity index (χ2n) is 3.48. The van der Waals surface area contributed by atoms with Crippen LogP contribution in [0.15, 0.2) is 28.8 Å². The highest BCUT2D eigenvalue weighted by molar-refractivity contribution is 6.17. The van der Waals surface area contributed by atoms with Crippen LogP contribution in [-0.2, 0) is 6.42 Å². The molecule has 0 saturated carbocycles. The first-order chi connectivity index (χ1) is 8.61. The molecule has 7 heteroatoms. The second kappa shape index (κ2) is 5.14. The Kier molecular flexibility index (Phi) is 3.57. The summed E-state index contributed by atoms with van der Waals surface area (Å²) >= 11 is 5.53. The van der Waals surface area contributed by atoms with E-state index in [-0.39, 0.29) is 17.0 Å². The molecule has 0 aliphatic carbocycles. The predicted molar refractivity (Wildman–Crippen MR) is 63.0 cm³/mol.